The summed E-state index contributed by atoms with van der Waals surface area (Å²) in [4.78, 5) is 26.2. The third-order valence-corrected chi connectivity index (χ3v) is 4.20. The molecule has 0 saturated carbocycles. The number of ether oxygens (including phenoxy) is 1. The number of amides is 2. The van der Waals surface area contributed by atoms with Crippen molar-refractivity contribution in [2.75, 3.05) is 17.3 Å². The minimum Gasteiger partial charge on any atom is -0.497 e. The van der Waals surface area contributed by atoms with E-state index in [0.717, 1.165) is 16.0 Å². The van der Waals surface area contributed by atoms with E-state index < -0.39 is 11.8 Å². The van der Waals surface area contributed by atoms with Crippen molar-refractivity contribution >= 4 is 34.8 Å². The molecule has 1 aliphatic rings. The lowest BCUT2D eigenvalue weighted by Crippen LogP contribution is -2.32. The molecule has 0 unspecified atom stereocenters. The molecule has 128 valence electrons. The van der Waals surface area contributed by atoms with Gasteiger partial charge in [-0.2, -0.15) is 0 Å². The Bertz CT molecular complexity index is 868. The fourth-order valence-corrected chi connectivity index (χ4v) is 2.98. The van der Waals surface area contributed by atoms with Gasteiger partial charge in [0.2, 0.25) is 0 Å². The predicted octanol–water partition coefficient (Wildman–Crippen LogP) is 3.75. The van der Waals surface area contributed by atoms with Gasteiger partial charge in [0, 0.05) is 5.69 Å². The number of nitrogens with zero attached hydrogens (tertiary/aromatic N) is 1. The van der Waals surface area contributed by atoms with E-state index in [1.54, 1.807) is 31.4 Å². The van der Waals surface area contributed by atoms with Crippen LogP contribution in [0, 0.1) is 13.8 Å². The molecule has 1 N–H and O–H groups in total. The van der Waals surface area contributed by atoms with Crippen molar-refractivity contribution in [3.05, 3.63) is 64.3 Å². The highest BCUT2D eigenvalue weighted by Gasteiger charge is 2.38. The number of halogens is 1. The summed E-state index contributed by atoms with van der Waals surface area (Å²) in [5.41, 5.74) is 3.31. The van der Waals surface area contributed by atoms with Gasteiger partial charge in [0.15, 0.2) is 0 Å². The maximum Gasteiger partial charge on any atom is 0.283 e. The molecule has 2 amide bonds. The quantitative estimate of drug-likeness (QED) is 0.848. The molecular weight excluding hydrogens is 340 g/mol. The first-order chi connectivity index (χ1) is 11.9. The molecule has 0 spiro atoms. The second-order valence-corrected chi connectivity index (χ2v) is 6.21. The smallest absolute Gasteiger partial charge is 0.283 e. The first-order valence-electron chi connectivity index (χ1n) is 7.68. The molecule has 1 aliphatic heterocycles. The van der Waals surface area contributed by atoms with Crippen LogP contribution in [-0.4, -0.2) is 18.9 Å². The number of anilines is 2. The lowest BCUT2D eigenvalue weighted by Gasteiger charge is -2.15. The van der Waals surface area contributed by atoms with Crippen LogP contribution in [0.1, 0.15) is 11.1 Å². The second-order valence-electron chi connectivity index (χ2n) is 5.83. The molecule has 25 heavy (non-hydrogen) atoms. The van der Waals surface area contributed by atoms with Gasteiger partial charge in [-0.15, -0.1) is 0 Å². The number of rotatable bonds is 4. The van der Waals surface area contributed by atoms with Crippen molar-refractivity contribution in [3.8, 4) is 5.75 Å². The normalized spacial score (nSPS) is 14.3. The zero-order valence-electron chi connectivity index (χ0n) is 14.1. The van der Waals surface area contributed by atoms with E-state index in [0.29, 0.717) is 17.1 Å². The Balaban J connectivity index is 1.90. The summed E-state index contributed by atoms with van der Waals surface area (Å²) in [5.74, 6) is -0.404. The van der Waals surface area contributed by atoms with Gasteiger partial charge in [-0.25, -0.2) is 4.90 Å². The molecular formula is C19H17ClN2O3. The van der Waals surface area contributed by atoms with Gasteiger partial charge in [-0.3, -0.25) is 9.59 Å². The van der Waals surface area contributed by atoms with Crippen LogP contribution in [0.2, 0.25) is 0 Å². The number of hydrogen-bond acceptors (Lipinski definition) is 4. The minimum atomic E-state index is -0.552. The van der Waals surface area contributed by atoms with Gasteiger partial charge in [0.05, 0.1) is 12.8 Å². The fraction of sp³-hybridized carbons (Fsp3) is 0.158. The van der Waals surface area contributed by atoms with Crippen molar-refractivity contribution in [2.24, 2.45) is 0 Å². The average molecular weight is 357 g/mol. The number of aryl methyl sites for hydroxylation is 2. The molecule has 6 heteroatoms. The van der Waals surface area contributed by atoms with Gasteiger partial charge in [-0.1, -0.05) is 17.7 Å². The van der Waals surface area contributed by atoms with E-state index in [1.165, 1.54) is 0 Å². The number of benzene rings is 2. The summed E-state index contributed by atoms with van der Waals surface area (Å²) in [6, 6.07) is 12.4. The molecule has 0 atom stereocenters. The largest absolute Gasteiger partial charge is 0.497 e. The van der Waals surface area contributed by atoms with E-state index in [4.69, 9.17) is 16.3 Å². The van der Waals surface area contributed by atoms with Crippen LogP contribution in [0.4, 0.5) is 11.4 Å². The van der Waals surface area contributed by atoms with E-state index in [9.17, 15) is 9.59 Å². The summed E-state index contributed by atoms with van der Waals surface area (Å²) in [7, 11) is 1.55. The van der Waals surface area contributed by atoms with Crippen LogP contribution in [-0.2, 0) is 9.59 Å². The number of carbonyl (C=O) groups excluding carboxylic acids is 2. The Labute approximate surface area is 150 Å². The second kappa shape index (κ2) is 6.61. The monoisotopic (exact) mass is 356 g/mol. The molecule has 1 heterocycles. The van der Waals surface area contributed by atoms with Crippen LogP contribution < -0.4 is 15.0 Å². The number of methoxy groups -OCH3 is 1. The molecule has 0 aliphatic carbocycles. The minimum absolute atomic E-state index is 0.0764. The highest BCUT2D eigenvalue weighted by atomic mass is 35.5. The molecule has 2 aromatic rings. The zero-order chi connectivity index (χ0) is 18.1. The Morgan fingerprint density at radius 2 is 1.56 bits per heavy atom. The number of carbonyl (C=O) groups is 2. The Kier molecular flexibility index (Phi) is 4.51. The molecule has 0 bridgehead atoms. The highest BCUT2D eigenvalue weighted by Crippen LogP contribution is 2.31. The lowest BCUT2D eigenvalue weighted by molar-refractivity contribution is -0.120. The van der Waals surface area contributed by atoms with E-state index in [1.807, 2.05) is 32.0 Å². The molecule has 0 saturated heterocycles. The zero-order valence-corrected chi connectivity index (χ0v) is 14.8. The summed E-state index contributed by atoms with van der Waals surface area (Å²) >= 11 is 6.14. The van der Waals surface area contributed by atoms with Crippen LogP contribution in [0.5, 0.6) is 5.75 Å². The number of nitrogens with one attached hydrogen (secondary N) is 1. The summed E-state index contributed by atoms with van der Waals surface area (Å²) < 4.78 is 5.09. The van der Waals surface area contributed by atoms with E-state index in [2.05, 4.69) is 5.32 Å². The van der Waals surface area contributed by atoms with Crippen LogP contribution in [0.25, 0.3) is 0 Å². The molecule has 0 aromatic heterocycles. The highest BCUT2D eigenvalue weighted by molar-refractivity contribution is 6.53. The topological polar surface area (TPSA) is 58.6 Å². The summed E-state index contributed by atoms with van der Waals surface area (Å²) in [6.45, 7) is 3.92. The van der Waals surface area contributed by atoms with Crippen LogP contribution >= 0.6 is 11.6 Å². The maximum atomic E-state index is 12.7. The van der Waals surface area contributed by atoms with Gasteiger partial charge < -0.3 is 10.1 Å². The van der Waals surface area contributed by atoms with Crippen molar-refractivity contribution in [3.63, 3.8) is 0 Å². The Morgan fingerprint density at radius 3 is 2.12 bits per heavy atom. The van der Waals surface area contributed by atoms with Gasteiger partial charge in [0.1, 0.15) is 16.5 Å². The average Bonchev–Trinajstić information content (AvgIpc) is 2.78. The standard InChI is InChI=1S/C19H17ClN2O3/c1-11-8-12(2)10-13(9-11)21-17-16(20)18(23)22(19(17)24)14-4-6-15(25-3)7-5-14/h4-10,21H,1-3H3. The third kappa shape index (κ3) is 3.23. The van der Waals surface area contributed by atoms with Gasteiger partial charge in [0.25, 0.3) is 11.8 Å². The Hall–Kier alpha value is -2.79. The summed E-state index contributed by atoms with van der Waals surface area (Å²) in [5, 5.41) is 2.86. The van der Waals surface area contributed by atoms with E-state index >= 15 is 0 Å². The van der Waals surface area contributed by atoms with Crippen molar-refractivity contribution < 1.29 is 14.3 Å². The van der Waals surface area contributed by atoms with Crippen LogP contribution in [0.15, 0.2) is 53.2 Å². The van der Waals surface area contributed by atoms with E-state index in [-0.39, 0.29) is 10.7 Å². The molecule has 5 nitrogen and oxygen atoms in total. The van der Waals surface area contributed by atoms with Crippen LogP contribution in [0.3, 0.4) is 0 Å². The van der Waals surface area contributed by atoms with Crippen molar-refractivity contribution in [1.82, 2.24) is 0 Å². The molecule has 3 rings (SSSR count). The van der Waals surface area contributed by atoms with Gasteiger partial charge >= 0.3 is 0 Å². The molecule has 2 aromatic carbocycles. The lowest BCUT2D eigenvalue weighted by atomic mass is 10.1. The first kappa shape index (κ1) is 17.0. The Morgan fingerprint density at radius 1 is 0.960 bits per heavy atom. The fourth-order valence-electron chi connectivity index (χ4n) is 2.77. The molecule has 0 radical (unpaired) electrons. The van der Waals surface area contributed by atoms with Crippen molar-refractivity contribution in [2.45, 2.75) is 13.8 Å². The van der Waals surface area contributed by atoms with Gasteiger partial charge in [-0.05, 0) is 61.4 Å². The summed E-state index contributed by atoms with van der Waals surface area (Å²) in [6.07, 6.45) is 0. The maximum absolute atomic E-state index is 12.7. The first-order valence-corrected chi connectivity index (χ1v) is 8.06. The number of hydrogen-bond donors (Lipinski definition) is 1. The SMILES string of the molecule is COc1ccc(N2C(=O)C(Cl)=C(Nc3cc(C)cc(C)c3)C2=O)cc1. The van der Waals surface area contributed by atoms with Crippen molar-refractivity contribution in [1.29, 1.82) is 0 Å². The predicted molar refractivity (Wildman–Crippen MR) is 97.9 cm³/mol. The number of imide groups is 1. The third-order valence-electron chi connectivity index (χ3n) is 3.85. The molecule has 0 fully saturated rings.